The lowest BCUT2D eigenvalue weighted by molar-refractivity contribution is 0.402. The standard InChI is InChI=1S/C17H19NO4S/c1-12-4-7-16(22-3)17(10-12)23(19,20)18-9-8-13-11-14(21-2)5-6-15(13)18/h4-7,10-11H,8-9H2,1-3H3. The van der Waals surface area contributed by atoms with E-state index in [-0.39, 0.29) is 4.90 Å². The van der Waals surface area contributed by atoms with Crippen LogP contribution in [0.3, 0.4) is 0 Å². The monoisotopic (exact) mass is 333 g/mol. The summed E-state index contributed by atoms with van der Waals surface area (Å²) < 4.78 is 38.1. The molecule has 0 atom stereocenters. The van der Waals surface area contributed by atoms with E-state index in [2.05, 4.69) is 0 Å². The number of sulfonamides is 1. The van der Waals surface area contributed by atoms with Crippen LogP contribution in [0.2, 0.25) is 0 Å². The van der Waals surface area contributed by atoms with Gasteiger partial charge in [0.15, 0.2) is 0 Å². The highest BCUT2D eigenvalue weighted by atomic mass is 32.2. The van der Waals surface area contributed by atoms with Crippen LogP contribution in [0, 0.1) is 6.92 Å². The Morgan fingerprint density at radius 1 is 1.04 bits per heavy atom. The van der Waals surface area contributed by atoms with Crippen molar-refractivity contribution in [2.24, 2.45) is 0 Å². The van der Waals surface area contributed by atoms with Crippen LogP contribution < -0.4 is 13.8 Å². The molecule has 1 aliphatic rings. The lowest BCUT2D eigenvalue weighted by atomic mass is 10.1. The van der Waals surface area contributed by atoms with Gasteiger partial charge in [-0.3, -0.25) is 4.31 Å². The maximum atomic E-state index is 13.1. The van der Waals surface area contributed by atoms with Crippen molar-refractivity contribution in [2.45, 2.75) is 18.2 Å². The third kappa shape index (κ3) is 2.63. The lowest BCUT2D eigenvalue weighted by Gasteiger charge is -2.21. The summed E-state index contributed by atoms with van der Waals surface area (Å²) >= 11 is 0. The smallest absolute Gasteiger partial charge is 0.268 e. The molecule has 2 aromatic carbocycles. The zero-order valence-corrected chi connectivity index (χ0v) is 14.2. The van der Waals surface area contributed by atoms with Gasteiger partial charge in [-0.05, 0) is 54.8 Å². The van der Waals surface area contributed by atoms with Crippen LogP contribution in [0.4, 0.5) is 5.69 Å². The van der Waals surface area contributed by atoms with Crippen LogP contribution in [-0.2, 0) is 16.4 Å². The molecular formula is C17H19NO4S. The first kappa shape index (κ1) is 15.7. The predicted molar refractivity (Wildman–Crippen MR) is 89.0 cm³/mol. The van der Waals surface area contributed by atoms with Gasteiger partial charge in [-0.25, -0.2) is 8.42 Å². The molecule has 0 unspecified atom stereocenters. The van der Waals surface area contributed by atoms with E-state index in [4.69, 9.17) is 9.47 Å². The summed E-state index contributed by atoms with van der Waals surface area (Å²) in [4.78, 5) is 0.198. The summed E-state index contributed by atoms with van der Waals surface area (Å²) in [5.41, 5.74) is 2.55. The van der Waals surface area contributed by atoms with E-state index in [1.54, 1.807) is 31.4 Å². The van der Waals surface area contributed by atoms with E-state index in [0.717, 1.165) is 16.9 Å². The van der Waals surface area contributed by atoms with Gasteiger partial charge >= 0.3 is 0 Å². The van der Waals surface area contributed by atoms with Crippen molar-refractivity contribution in [2.75, 3.05) is 25.1 Å². The fraction of sp³-hybridized carbons (Fsp3) is 0.294. The maximum Gasteiger partial charge on any atom is 0.268 e. The summed E-state index contributed by atoms with van der Waals surface area (Å²) in [7, 11) is -0.591. The highest BCUT2D eigenvalue weighted by Crippen LogP contribution is 2.37. The Labute approximate surface area is 136 Å². The Hall–Kier alpha value is -2.21. The SMILES string of the molecule is COc1ccc2c(c1)CCN2S(=O)(=O)c1cc(C)ccc1OC. The van der Waals surface area contributed by atoms with Crippen molar-refractivity contribution in [3.05, 3.63) is 47.5 Å². The first-order valence-corrected chi connectivity index (χ1v) is 8.75. The molecular weight excluding hydrogens is 314 g/mol. The fourth-order valence-electron chi connectivity index (χ4n) is 2.83. The average Bonchev–Trinajstić information content (AvgIpc) is 2.98. The van der Waals surface area contributed by atoms with E-state index in [9.17, 15) is 8.42 Å². The minimum Gasteiger partial charge on any atom is -0.497 e. The molecule has 1 aliphatic heterocycles. The van der Waals surface area contributed by atoms with Gasteiger partial charge in [0.2, 0.25) is 0 Å². The van der Waals surface area contributed by atoms with Gasteiger partial charge in [0.05, 0.1) is 19.9 Å². The zero-order chi connectivity index (χ0) is 16.6. The van der Waals surface area contributed by atoms with Gasteiger partial charge in [0.25, 0.3) is 10.0 Å². The molecule has 23 heavy (non-hydrogen) atoms. The second-order valence-corrected chi connectivity index (χ2v) is 7.31. The Balaban J connectivity index is 2.08. The molecule has 0 saturated carbocycles. The van der Waals surface area contributed by atoms with Crippen molar-refractivity contribution in [3.8, 4) is 11.5 Å². The molecule has 0 spiro atoms. The van der Waals surface area contributed by atoms with Crippen molar-refractivity contribution in [1.29, 1.82) is 0 Å². The van der Waals surface area contributed by atoms with Crippen LogP contribution >= 0.6 is 0 Å². The summed E-state index contributed by atoms with van der Waals surface area (Å²) in [6.45, 7) is 2.28. The molecule has 5 nitrogen and oxygen atoms in total. The number of aryl methyl sites for hydroxylation is 1. The van der Waals surface area contributed by atoms with Gasteiger partial charge < -0.3 is 9.47 Å². The molecule has 2 aromatic rings. The highest BCUT2D eigenvalue weighted by molar-refractivity contribution is 7.93. The maximum absolute atomic E-state index is 13.1. The van der Waals surface area contributed by atoms with Crippen LogP contribution in [0.1, 0.15) is 11.1 Å². The quantitative estimate of drug-likeness (QED) is 0.863. The summed E-state index contributed by atoms with van der Waals surface area (Å²) in [6.07, 6.45) is 0.667. The number of anilines is 1. The Bertz CT molecular complexity index is 846. The van der Waals surface area contributed by atoms with E-state index in [0.29, 0.717) is 24.4 Å². The third-order valence-electron chi connectivity index (χ3n) is 4.03. The van der Waals surface area contributed by atoms with E-state index in [1.807, 2.05) is 19.1 Å². The number of hydrogen-bond acceptors (Lipinski definition) is 4. The minimum absolute atomic E-state index is 0.198. The molecule has 3 rings (SSSR count). The van der Waals surface area contributed by atoms with Gasteiger partial charge in [0, 0.05) is 6.54 Å². The highest BCUT2D eigenvalue weighted by Gasteiger charge is 2.33. The normalized spacial score (nSPS) is 13.8. The van der Waals surface area contributed by atoms with Crippen molar-refractivity contribution >= 4 is 15.7 Å². The number of benzene rings is 2. The molecule has 122 valence electrons. The molecule has 0 radical (unpaired) electrons. The van der Waals surface area contributed by atoms with Crippen LogP contribution in [0.5, 0.6) is 11.5 Å². The lowest BCUT2D eigenvalue weighted by Crippen LogP contribution is -2.29. The molecule has 0 N–H and O–H groups in total. The predicted octanol–water partition coefficient (Wildman–Crippen LogP) is 2.76. The molecule has 0 fully saturated rings. The zero-order valence-electron chi connectivity index (χ0n) is 13.4. The molecule has 0 aliphatic carbocycles. The van der Waals surface area contributed by atoms with E-state index >= 15 is 0 Å². The molecule has 0 bridgehead atoms. The first-order valence-electron chi connectivity index (χ1n) is 7.31. The topological polar surface area (TPSA) is 55.8 Å². The van der Waals surface area contributed by atoms with Gasteiger partial charge in [0.1, 0.15) is 16.4 Å². The van der Waals surface area contributed by atoms with Crippen molar-refractivity contribution in [1.82, 2.24) is 0 Å². The largest absolute Gasteiger partial charge is 0.497 e. The average molecular weight is 333 g/mol. The van der Waals surface area contributed by atoms with Crippen LogP contribution in [-0.4, -0.2) is 29.2 Å². The summed E-state index contributed by atoms with van der Waals surface area (Å²) in [6, 6.07) is 10.6. The number of methoxy groups -OCH3 is 2. The molecule has 1 heterocycles. The second-order valence-electron chi connectivity index (χ2n) is 5.48. The number of ether oxygens (including phenoxy) is 2. The number of nitrogens with zero attached hydrogens (tertiary/aromatic N) is 1. The van der Waals surface area contributed by atoms with E-state index in [1.165, 1.54) is 11.4 Å². The Kier molecular flexibility index (Phi) is 3.93. The molecule has 6 heteroatoms. The molecule has 0 aromatic heterocycles. The Morgan fingerprint density at radius 2 is 1.83 bits per heavy atom. The third-order valence-corrected chi connectivity index (χ3v) is 5.86. The van der Waals surface area contributed by atoms with Crippen LogP contribution in [0.15, 0.2) is 41.3 Å². The van der Waals surface area contributed by atoms with Crippen molar-refractivity contribution in [3.63, 3.8) is 0 Å². The van der Waals surface area contributed by atoms with Crippen molar-refractivity contribution < 1.29 is 17.9 Å². The first-order chi connectivity index (χ1) is 11.0. The summed E-state index contributed by atoms with van der Waals surface area (Å²) in [5, 5.41) is 0. The number of fused-ring (bicyclic) bond motifs is 1. The minimum atomic E-state index is -3.67. The van der Waals surface area contributed by atoms with Gasteiger partial charge in [-0.1, -0.05) is 6.07 Å². The van der Waals surface area contributed by atoms with Gasteiger partial charge in [-0.15, -0.1) is 0 Å². The number of rotatable bonds is 4. The second kappa shape index (κ2) is 5.77. The molecule has 0 saturated heterocycles. The molecule has 0 amide bonds. The Morgan fingerprint density at radius 3 is 2.52 bits per heavy atom. The summed E-state index contributed by atoms with van der Waals surface area (Å²) in [5.74, 6) is 1.09. The fourth-order valence-corrected chi connectivity index (χ4v) is 4.58. The van der Waals surface area contributed by atoms with E-state index < -0.39 is 10.0 Å². The number of hydrogen-bond donors (Lipinski definition) is 0. The van der Waals surface area contributed by atoms with Crippen LogP contribution in [0.25, 0.3) is 0 Å². The van der Waals surface area contributed by atoms with Gasteiger partial charge in [-0.2, -0.15) is 0 Å².